The molecule has 2 aromatic rings. The second-order valence-corrected chi connectivity index (χ2v) is 10.6. The Labute approximate surface area is 214 Å². The maximum absolute atomic E-state index is 13.2. The van der Waals surface area contributed by atoms with Crippen LogP contribution in [0.4, 0.5) is 5.69 Å². The van der Waals surface area contributed by atoms with Gasteiger partial charge < -0.3 is 19.9 Å². The Kier molecular flexibility index (Phi) is 8.72. The molecule has 36 heavy (non-hydrogen) atoms. The zero-order chi connectivity index (χ0) is 25.5. The molecule has 0 radical (unpaired) electrons. The van der Waals surface area contributed by atoms with Crippen LogP contribution in [0.5, 0.6) is 0 Å². The third-order valence-electron chi connectivity index (χ3n) is 7.05. The first-order valence-corrected chi connectivity index (χ1v) is 12.9. The third-order valence-corrected chi connectivity index (χ3v) is 7.05. The molecule has 194 valence electrons. The van der Waals surface area contributed by atoms with Gasteiger partial charge in [0.1, 0.15) is 0 Å². The molecule has 1 aromatic heterocycles. The lowest BCUT2D eigenvalue weighted by Crippen LogP contribution is -2.52. The standard InChI is InChI=1S/C23H30N4O.C5H9NO2/c1-17-14-26(10-9-24-17)15-22(28)27-16-23(2,3)20-13-25-19(12-21(20)27)11-18-7-5-4-6-8-18;7-5-6-1-3-8-4-2-6/h4-8,12-13,17,24H,9-11,14-16H2,1-3H3;5H,1-4H2/t17-;/m1./s1. The maximum atomic E-state index is 13.2. The minimum atomic E-state index is -0.0694. The van der Waals surface area contributed by atoms with E-state index in [1.807, 2.05) is 17.2 Å². The van der Waals surface area contributed by atoms with Crippen molar-refractivity contribution in [3.8, 4) is 0 Å². The van der Waals surface area contributed by atoms with Gasteiger partial charge in [0.2, 0.25) is 12.3 Å². The van der Waals surface area contributed by atoms with Crippen LogP contribution in [0.2, 0.25) is 0 Å². The van der Waals surface area contributed by atoms with Gasteiger partial charge >= 0.3 is 0 Å². The van der Waals surface area contributed by atoms with Gasteiger partial charge in [-0.25, -0.2) is 0 Å². The van der Waals surface area contributed by atoms with Crippen LogP contribution in [0.25, 0.3) is 0 Å². The van der Waals surface area contributed by atoms with Crippen molar-refractivity contribution in [3.63, 3.8) is 0 Å². The number of nitrogens with one attached hydrogen (secondary N) is 1. The highest BCUT2D eigenvalue weighted by Crippen LogP contribution is 2.40. The van der Waals surface area contributed by atoms with E-state index in [2.05, 4.69) is 61.3 Å². The zero-order valence-electron chi connectivity index (χ0n) is 21.8. The molecule has 2 fully saturated rings. The number of carbonyl (C=O) groups is 2. The van der Waals surface area contributed by atoms with Gasteiger partial charge in [-0.3, -0.25) is 19.5 Å². The molecular weight excluding hydrogens is 454 g/mol. The molecule has 1 atom stereocenters. The minimum Gasteiger partial charge on any atom is -0.378 e. The van der Waals surface area contributed by atoms with Crippen molar-refractivity contribution in [2.24, 2.45) is 0 Å². The Hall–Kier alpha value is -2.81. The number of pyridine rings is 1. The lowest BCUT2D eigenvalue weighted by Gasteiger charge is -2.32. The fourth-order valence-electron chi connectivity index (χ4n) is 5.04. The van der Waals surface area contributed by atoms with Crippen molar-refractivity contribution in [2.75, 3.05) is 63.9 Å². The normalized spacial score (nSPS) is 21.4. The van der Waals surface area contributed by atoms with Gasteiger partial charge in [-0.1, -0.05) is 44.2 Å². The molecule has 0 bridgehead atoms. The number of aromatic nitrogens is 1. The fraction of sp³-hybridized carbons (Fsp3) is 0.536. The molecule has 1 aromatic carbocycles. The third kappa shape index (κ3) is 6.69. The van der Waals surface area contributed by atoms with Crippen molar-refractivity contribution in [2.45, 2.75) is 38.6 Å². The number of hydrogen-bond donors (Lipinski definition) is 1. The number of nitrogens with zero attached hydrogens (tertiary/aromatic N) is 4. The molecule has 5 rings (SSSR count). The largest absolute Gasteiger partial charge is 0.378 e. The summed E-state index contributed by atoms with van der Waals surface area (Å²) in [6.07, 6.45) is 3.63. The summed E-state index contributed by atoms with van der Waals surface area (Å²) < 4.78 is 5.00. The first-order valence-electron chi connectivity index (χ1n) is 12.9. The Morgan fingerprint density at radius 1 is 1.19 bits per heavy atom. The Bertz CT molecular complexity index is 1020. The summed E-state index contributed by atoms with van der Waals surface area (Å²) in [6, 6.07) is 12.9. The number of anilines is 1. The predicted octanol–water partition coefficient (Wildman–Crippen LogP) is 2.07. The van der Waals surface area contributed by atoms with Crippen LogP contribution in [0.1, 0.15) is 37.6 Å². The first kappa shape index (κ1) is 26.3. The van der Waals surface area contributed by atoms with Crippen LogP contribution in [0.15, 0.2) is 42.6 Å². The van der Waals surface area contributed by atoms with Crippen molar-refractivity contribution >= 4 is 18.0 Å². The van der Waals surface area contributed by atoms with E-state index < -0.39 is 0 Å². The number of fused-ring (bicyclic) bond motifs is 1. The number of morpholine rings is 1. The van der Waals surface area contributed by atoms with E-state index in [1.165, 1.54) is 11.1 Å². The van der Waals surface area contributed by atoms with Crippen molar-refractivity contribution in [3.05, 3.63) is 59.4 Å². The molecule has 4 heterocycles. The molecule has 3 aliphatic heterocycles. The van der Waals surface area contributed by atoms with Crippen molar-refractivity contribution in [1.82, 2.24) is 20.1 Å². The van der Waals surface area contributed by atoms with E-state index in [9.17, 15) is 9.59 Å². The molecular formula is C28H39N5O3. The van der Waals surface area contributed by atoms with Gasteiger partial charge in [-0.15, -0.1) is 0 Å². The molecule has 1 N–H and O–H groups in total. The number of carbonyl (C=O) groups excluding carboxylic acids is 2. The molecule has 0 spiro atoms. The summed E-state index contributed by atoms with van der Waals surface area (Å²) in [5.41, 5.74) is 4.39. The fourth-order valence-corrected chi connectivity index (χ4v) is 5.04. The maximum Gasteiger partial charge on any atom is 0.241 e. The molecule has 2 amide bonds. The monoisotopic (exact) mass is 493 g/mol. The number of ether oxygens (including phenoxy) is 1. The summed E-state index contributed by atoms with van der Waals surface area (Å²) >= 11 is 0. The van der Waals surface area contributed by atoms with Crippen molar-refractivity contribution < 1.29 is 14.3 Å². The van der Waals surface area contributed by atoms with Gasteiger partial charge in [0.15, 0.2) is 0 Å². The summed E-state index contributed by atoms with van der Waals surface area (Å²) in [6.45, 7) is 13.5. The Morgan fingerprint density at radius 3 is 2.61 bits per heavy atom. The second kappa shape index (κ2) is 12.0. The highest BCUT2D eigenvalue weighted by atomic mass is 16.5. The summed E-state index contributed by atoms with van der Waals surface area (Å²) in [5, 5.41) is 3.44. The lowest BCUT2D eigenvalue weighted by molar-refractivity contribution is -0.122. The van der Waals surface area contributed by atoms with Gasteiger partial charge in [-0.05, 0) is 18.6 Å². The average molecular weight is 494 g/mol. The molecule has 3 aliphatic rings. The van der Waals surface area contributed by atoms with Gasteiger partial charge in [-0.2, -0.15) is 0 Å². The predicted molar refractivity (Wildman–Crippen MR) is 141 cm³/mol. The van der Waals surface area contributed by atoms with E-state index in [4.69, 9.17) is 9.72 Å². The average Bonchev–Trinajstić information content (AvgIpc) is 3.16. The van der Waals surface area contributed by atoms with E-state index in [0.29, 0.717) is 25.8 Å². The molecule has 0 unspecified atom stereocenters. The topological polar surface area (TPSA) is 78.0 Å². The second-order valence-electron chi connectivity index (χ2n) is 10.6. The Balaban J connectivity index is 0.000000325. The van der Waals surface area contributed by atoms with Gasteiger partial charge in [0.25, 0.3) is 0 Å². The van der Waals surface area contributed by atoms with E-state index in [1.54, 1.807) is 4.90 Å². The van der Waals surface area contributed by atoms with Crippen LogP contribution < -0.4 is 10.2 Å². The summed E-state index contributed by atoms with van der Waals surface area (Å²) in [4.78, 5) is 33.9. The van der Waals surface area contributed by atoms with Gasteiger partial charge in [0, 0.05) is 74.6 Å². The molecule has 8 heteroatoms. The number of amides is 2. The quantitative estimate of drug-likeness (QED) is 0.643. The highest BCUT2D eigenvalue weighted by Gasteiger charge is 2.39. The summed E-state index contributed by atoms with van der Waals surface area (Å²) in [5.74, 6) is 0.192. The van der Waals surface area contributed by atoms with Crippen LogP contribution in [0.3, 0.4) is 0 Å². The van der Waals surface area contributed by atoms with E-state index >= 15 is 0 Å². The highest BCUT2D eigenvalue weighted by molar-refractivity contribution is 5.97. The number of hydrogen-bond acceptors (Lipinski definition) is 6. The minimum absolute atomic E-state index is 0.0694. The Morgan fingerprint density at radius 2 is 1.94 bits per heavy atom. The van der Waals surface area contributed by atoms with Crippen LogP contribution in [-0.2, 0) is 26.2 Å². The lowest BCUT2D eigenvalue weighted by atomic mass is 9.88. The van der Waals surface area contributed by atoms with Gasteiger partial charge in [0.05, 0.1) is 25.4 Å². The first-order chi connectivity index (χ1) is 17.4. The van der Waals surface area contributed by atoms with Crippen molar-refractivity contribution in [1.29, 1.82) is 0 Å². The SMILES string of the molecule is C[C@@H]1CN(CC(=O)N2CC(C)(C)c3cnc(Cc4ccccc4)cc32)CCN1.O=CN1CCOCC1. The number of benzene rings is 1. The number of rotatable bonds is 5. The zero-order valence-corrected chi connectivity index (χ0v) is 21.8. The molecule has 2 saturated heterocycles. The van der Waals surface area contributed by atoms with E-state index in [-0.39, 0.29) is 11.3 Å². The molecule has 0 saturated carbocycles. The molecule has 0 aliphatic carbocycles. The molecule has 8 nitrogen and oxygen atoms in total. The van der Waals surface area contributed by atoms with E-state index in [0.717, 1.165) is 63.5 Å². The number of piperazine rings is 1. The summed E-state index contributed by atoms with van der Waals surface area (Å²) in [7, 11) is 0. The van der Waals surface area contributed by atoms with Crippen LogP contribution in [0, 0.1) is 0 Å². The van der Waals surface area contributed by atoms with Crippen LogP contribution in [-0.4, -0.2) is 92.2 Å². The van der Waals surface area contributed by atoms with Crippen LogP contribution >= 0.6 is 0 Å². The smallest absolute Gasteiger partial charge is 0.241 e.